The maximum Gasteiger partial charge on any atom is 0.203 e. The maximum atomic E-state index is 12.4. The monoisotopic (exact) mass is 424 g/mol. The molecular formula is C27H24N2O3. The Kier molecular flexibility index (Phi) is 6.46. The van der Waals surface area contributed by atoms with Crippen LogP contribution in [0.3, 0.4) is 0 Å². The van der Waals surface area contributed by atoms with Crippen LogP contribution in [-0.4, -0.2) is 22.7 Å². The van der Waals surface area contributed by atoms with E-state index in [9.17, 15) is 4.79 Å². The van der Waals surface area contributed by atoms with Gasteiger partial charge in [-0.15, -0.1) is 0 Å². The van der Waals surface area contributed by atoms with E-state index >= 15 is 0 Å². The number of ketones is 1. The first kappa shape index (κ1) is 21.1. The number of rotatable bonds is 8. The molecule has 32 heavy (non-hydrogen) atoms. The lowest BCUT2D eigenvalue weighted by Crippen LogP contribution is -2.03. The molecule has 1 heterocycles. The molecule has 0 aliphatic carbocycles. The summed E-state index contributed by atoms with van der Waals surface area (Å²) in [7, 11) is 3.38. The molecular weight excluding hydrogens is 400 g/mol. The lowest BCUT2D eigenvalue weighted by atomic mass is 10.1. The smallest absolute Gasteiger partial charge is 0.203 e. The molecule has 5 nitrogen and oxygen atoms in total. The fourth-order valence-electron chi connectivity index (χ4n) is 3.42. The summed E-state index contributed by atoms with van der Waals surface area (Å²) in [6.45, 7) is 0.352. The summed E-state index contributed by atoms with van der Waals surface area (Å²) in [5.41, 5.74) is 4.63. The van der Waals surface area contributed by atoms with Crippen LogP contribution >= 0.6 is 0 Å². The third-order valence-corrected chi connectivity index (χ3v) is 5.16. The molecule has 0 atom stereocenters. The third-order valence-electron chi connectivity index (χ3n) is 5.16. The fourth-order valence-corrected chi connectivity index (χ4v) is 3.42. The Labute approximate surface area is 187 Å². The van der Waals surface area contributed by atoms with Crippen molar-refractivity contribution in [3.05, 3.63) is 108 Å². The molecule has 0 fully saturated rings. The Morgan fingerprint density at radius 1 is 0.969 bits per heavy atom. The number of carbonyl (C=O) groups excluding carboxylic acids is 1. The second kappa shape index (κ2) is 9.79. The second-order valence-electron chi connectivity index (χ2n) is 7.29. The van der Waals surface area contributed by atoms with Crippen LogP contribution in [0.25, 0.3) is 17.2 Å². The maximum absolute atomic E-state index is 12.4. The van der Waals surface area contributed by atoms with E-state index in [-0.39, 0.29) is 5.78 Å². The molecule has 160 valence electrons. The van der Waals surface area contributed by atoms with Gasteiger partial charge in [0, 0.05) is 18.8 Å². The van der Waals surface area contributed by atoms with Gasteiger partial charge in [-0.2, -0.15) is 5.10 Å². The average Bonchev–Trinajstić information content (AvgIpc) is 3.28. The zero-order chi connectivity index (χ0) is 22.3. The van der Waals surface area contributed by atoms with Crippen LogP contribution in [0.5, 0.6) is 11.5 Å². The van der Waals surface area contributed by atoms with Crippen LogP contribution in [0.4, 0.5) is 0 Å². The predicted octanol–water partition coefficient (Wildman–Crippen LogP) is 5.57. The summed E-state index contributed by atoms with van der Waals surface area (Å²) in [5.74, 6) is 1.41. The van der Waals surface area contributed by atoms with Gasteiger partial charge in [0.25, 0.3) is 0 Å². The van der Waals surface area contributed by atoms with Crippen LogP contribution < -0.4 is 9.47 Å². The second-order valence-corrected chi connectivity index (χ2v) is 7.29. The molecule has 0 saturated heterocycles. The van der Waals surface area contributed by atoms with Gasteiger partial charge in [0.2, 0.25) is 5.78 Å². The summed E-state index contributed by atoms with van der Waals surface area (Å²) in [4.78, 5) is 12.4. The Morgan fingerprint density at radius 3 is 2.41 bits per heavy atom. The topological polar surface area (TPSA) is 53.3 Å². The first-order valence-corrected chi connectivity index (χ1v) is 10.3. The van der Waals surface area contributed by atoms with Crippen molar-refractivity contribution in [2.24, 2.45) is 7.05 Å². The van der Waals surface area contributed by atoms with Crippen molar-refractivity contribution in [3.63, 3.8) is 0 Å². The van der Waals surface area contributed by atoms with Crippen molar-refractivity contribution < 1.29 is 14.3 Å². The van der Waals surface area contributed by atoms with Gasteiger partial charge in [-0.05, 0) is 53.1 Å². The van der Waals surface area contributed by atoms with E-state index in [2.05, 4.69) is 17.2 Å². The van der Waals surface area contributed by atoms with Crippen molar-refractivity contribution in [1.82, 2.24) is 9.78 Å². The Balaban J connectivity index is 1.45. The number of carbonyl (C=O) groups is 1. The van der Waals surface area contributed by atoms with Crippen LogP contribution in [0, 0.1) is 0 Å². The predicted molar refractivity (Wildman–Crippen MR) is 126 cm³/mol. The number of allylic oxidation sites excluding steroid dienone is 1. The molecule has 3 aromatic carbocycles. The van der Waals surface area contributed by atoms with Crippen LogP contribution in [0.15, 0.2) is 91.1 Å². The Hall–Kier alpha value is -4.12. The summed E-state index contributed by atoms with van der Waals surface area (Å²) in [5, 5.41) is 4.03. The van der Waals surface area contributed by atoms with Crippen LogP contribution in [0.1, 0.15) is 21.6 Å². The van der Waals surface area contributed by atoms with E-state index in [1.807, 2.05) is 60.7 Å². The first-order chi connectivity index (χ1) is 15.6. The molecule has 4 rings (SSSR count). The van der Waals surface area contributed by atoms with Gasteiger partial charge in [-0.1, -0.05) is 54.6 Å². The van der Waals surface area contributed by atoms with E-state index in [1.54, 1.807) is 43.3 Å². The normalized spacial score (nSPS) is 10.9. The number of aromatic nitrogens is 2. The highest BCUT2D eigenvalue weighted by Crippen LogP contribution is 2.25. The highest BCUT2D eigenvalue weighted by Gasteiger charge is 2.08. The number of hydrogen-bond donors (Lipinski definition) is 0. The van der Waals surface area contributed by atoms with E-state index in [0.717, 1.165) is 28.2 Å². The van der Waals surface area contributed by atoms with Gasteiger partial charge in [-0.3, -0.25) is 9.48 Å². The average molecular weight is 425 g/mol. The molecule has 0 spiro atoms. The van der Waals surface area contributed by atoms with Gasteiger partial charge >= 0.3 is 0 Å². The standard InChI is InChI=1S/C27H24N2O3/c1-29-25(16-17-28-29)26(30)14-8-20-9-15-27(31-2)23(18-20)19-32-24-12-10-22(11-13-24)21-6-4-3-5-7-21/h3-18H,19H2,1-2H3/b14-8+. The quantitative estimate of drug-likeness (QED) is 0.274. The summed E-state index contributed by atoms with van der Waals surface area (Å²) >= 11 is 0. The van der Waals surface area contributed by atoms with Crippen molar-refractivity contribution >= 4 is 11.9 Å². The number of nitrogens with zero attached hydrogens (tertiary/aromatic N) is 2. The molecule has 0 saturated carbocycles. The van der Waals surface area contributed by atoms with E-state index in [1.165, 1.54) is 5.56 Å². The van der Waals surface area contributed by atoms with Gasteiger partial charge in [0.1, 0.15) is 23.8 Å². The van der Waals surface area contributed by atoms with Crippen LogP contribution in [0.2, 0.25) is 0 Å². The zero-order valence-corrected chi connectivity index (χ0v) is 18.1. The van der Waals surface area contributed by atoms with Gasteiger partial charge in [0.05, 0.1) is 7.11 Å². The molecule has 0 bridgehead atoms. The molecule has 0 amide bonds. The number of benzene rings is 3. The number of methoxy groups -OCH3 is 1. The minimum atomic E-state index is -0.0999. The number of ether oxygens (including phenoxy) is 2. The highest BCUT2D eigenvalue weighted by molar-refractivity contribution is 6.05. The first-order valence-electron chi connectivity index (χ1n) is 10.3. The summed E-state index contributed by atoms with van der Waals surface area (Å²) in [6, 6.07) is 25.7. The molecule has 0 unspecified atom stereocenters. The zero-order valence-electron chi connectivity index (χ0n) is 18.1. The van der Waals surface area contributed by atoms with Gasteiger partial charge < -0.3 is 9.47 Å². The van der Waals surface area contributed by atoms with E-state index < -0.39 is 0 Å². The fraction of sp³-hybridized carbons (Fsp3) is 0.111. The Morgan fingerprint density at radius 2 is 1.72 bits per heavy atom. The van der Waals surface area contributed by atoms with E-state index in [0.29, 0.717) is 12.3 Å². The third kappa shape index (κ3) is 4.95. The van der Waals surface area contributed by atoms with E-state index in [4.69, 9.17) is 9.47 Å². The van der Waals surface area contributed by atoms with Crippen LogP contribution in [-0.2, 0) is 13.7 Å². The molecule has 1 aromatic heterocycles. The largest absolute Gasteiger partial charge is 0.496 e. The molecule has 5 heteroatoms. The minimum Gasteiger partial charge on any atom is -0.496 e. The SMILES string of the molecule is COc1ccc(/C=C/C(=O)c2ccnn2C)cc1COc1ccc(-c2ccccc2)cc1. The van der Waals surface area contributed by atoms with Crippen molar-refractivity contribution in [2.45, 2.75) is 6.61 Å². The van der Waals surface area contributed by atoms with Crippen molar-refractivity contribution in [2.75, 3.05) is 7.11 Å². The number of aryl methyl sites for hydroxylation is 1. The molecule has 0 N–H and O–H groups in total. The lowest BCUT2D eigenvalue weighted by Gasteiger charge is -2.12. The van der Waals surface area contributed by atoms with Gasteiger partial charge in [-0.25, -0.2) is 0 Å². The van der Waals surface area contributed by atoms with Crippen molar-refractivity contribution in [1.29, 1.82) is 0 Å². The molecule has 0 radical (unpaired) electrons. The highest BCUT2D eigenvalue weighted by atomic mass is 16.5. The molecule has 0 aliphatic rings. The van der Waals surface area contributed by atoms with Crippen molar-refractivity contribution in [3.8, 4) is 22.6 Å². The summed E-state index contributed by atoms with van der Waals surface area (Å²) in [6.07, 6.45) is 4.94. The minimum absolute atomic E-state index is 0.0999. The summed E-state index contributed by atoms with van der Waals surface area (Å²) < 4.78 is 13.0. The number of hydrogen-bond acceptors (Lipinski definition) is 4. The molecule has 4 aromatic rings. The van der Waals surface area contributed by atoms with Gasteiger partial charge in [0.15, 0.2) is 0 Å². The Bertz CT molecular complexity index is 1230. The lowest BCUT2D eigenvalue weighted by molar-refractivity contribution is 0.103. The molecule has 0 aliphatic heterocycles.